The summed E-state index contributed by atoms with van der Waals surface area (Å²) >= 11 is 6.10. The summed E-state index contributed by atoms with van der Waals surface area (Å²) in [6.07, 6.45) is 0. The highest BCUT2D eigenvalue weighted by molar-refractivity contribution is 6.30. The van der Waals surface area contributed by atoms with E-state index in [0.29, 0.717) is 6.54 Å². The molecule has 0 saturated carbocycles. The number of piperazine rings is 1. The summed E-state index contributed by atoms with van der Waals surface area (Å²) in [6, 6.07) is 18.2. The second-order valence-electron chi connectivity index (χ2n) is 7.89. The van der Waals surface area contributed by atoms with Crippen molar-refractivity contribution in [3.8, 4) is 0 Å². The van der Waals surface area contributed by atoms with Crippen LogP contribution in [-0.2, 0) is 13.1 Å². The van der Waals surface area contributed by atoms with E-state index in [1.165, 1.54) is 11.1 Å². The number of rotatable bonds is 5. The van der Waals surface area contributed by atoms with E-state index in [1.807, 2.05) is 59.8 Å². The minimum Gasteiger partial charge on any atom is -0.336 e. The highest BCUT2D eigenvalue weighted by Crippen LogP contribution is 2.19. The van der Waals surface area contributed by atoms with Gasteiger partial charge in [-0.25, -0.2) is 0 Å². The molecule has 1 amide bonds. The van der Waals surface area contributed by atoms with Gasteiger partial charge < -0.3 is 4.90 Å². The molecule has 0 N–H and O–H groups in total. The smallest absolute Gasteiger partial charge is 0.257 e. The topological polar surface area (TPSA) is 41.4 Å². The van der Waals surface area contributed by atoms with Crippen LogP contribution in [0.3, 0.4) is 0 Å². The molecule has 0 bridgehead atoms. The summed E-state index contributed by atoms with van der Waals surface area (Å²) in [5.74, 6) is 0.0896. The average molecular weight is 423 g/mol. The summed E-state index contributed by atoms with van der Waals surface area (Å²) in [5.41, 5.74) is 4.86. The molecule has 1 aliphatic rings. The van der Waals surface area contributed by atoms with Crippen molar-refractivity contribution in [2.24, 2.45) is 0 Å². The maximum Gasteiger partial charge on any atom is 0.257 e. The molecule has 0 atom stereocenters. The van der Waals surface area contributed by atoms with Crippen molar-refractivity contribution in [2.45, 2.75) is 26.9 Å². The SMILES string of the molecule is Cc1nn(Cc2ccccc2)c(C)c1C(=O)N1CCN(Cc2cccc(Cl)c2)CC1. The van der Waals surface area contributed by atoms with Crippen LogP contribution in [-0.4, -0.2) is 51.7 Å². The molecule has 6 heteroatoms. The highest BCUT2D eigenvalue weighted by atomic mass is 35.5. The number of halogens is 1. The largest absolute Gasteiger partial charge is 0.336 e. The van der Waals surface area contributed by atoms with E-state index < -0.39 is 0 Å². The van der Waals surface area contributed by atoms with Gasteiger partial charge in [-0.15, -0.1) is 0 Å². The summed E-state index contributed by atoms with van der Waals surface area (Å²) in [7, 11) is 0. The van der Waals surface area contributed by atoms with Crippen LogP contribution < -0.4 is 0 Å². The van der Waals surface area contributed by atoms with Gasteiger partial charge in [0, 0.05) is 43.4 Å². The van der Waals surface area contributed by atoms with Crippen molar-refractivity contribution in [1.82, 2.24) is 19.6 Å². The molecule has 3 aromatic rings. The first kappa shape index (κ1) is 20.6. The molecule has 0 aliphatic carbocycles. The minimum atomic E-state index is 0.0896. The fourth-order valence-electron chi connectivity index (χ4n) is 4.08. The molecule has 30 heavy (non-hydrogen) atoms. The number of hydrogen-bond donors (Lipinski definition) is 0. The predicted octanol–water partition coefficient (Wildman–Crippen LogP) is 4.16. The van der Waals surface area contributed by atoms with E-state index in [4.69, 9.17) is 11.6 Å². The van der Waals surface area contributed by atoms with Crippen molar-refractivity contribution in [2.75, 3.05) is 26.2 Å². The first-order valence-corrected chi connectivity index (χ1v) is 10.7. The lowest BCUT2D eigenvalue weighted by Gasteiger charge is -2.34. The Morgan fingerprint density at radius 2 is 1.63 bits per heavy atom. The maximum absolute atomic E-state index is 13.3. The van der Waals surface area contributed by atoms with E-state index in [-0.39, 0.29) is 5.91 Å². The van der Waals surface area contributed by atoms with E-state index in [1.54, 1.807) is 0 Å². The number of benzene rings is 2. The van der Waals surface area contributed by atoms with Gasteiger partial charge >= 0.3 is 0 Å². The van der Waals surface area contributed by atoms with Crippen molar-refractivity contribution >= 4 is 17.5 Å². The van der Waals surface area contributed by atoms with Gasteiger partial charge in [0.1, 0.15) is 0 Å². The Balaban J connectivity index is 1.40. The number of hydrogen-bond acceptors (Lipinski definition) is 3. The zero-order valence-electron chi connectivity index (χ0n) is 17.5. The lowest BCUT2D eigenvalue weighted by molar-refractivity contribution is 0.0627. The van der Waals surface area contributed by atoms with Crippen molar-refractivity contribution in [3.63, 3.8) is 0 Å². The standard InChI is InChI=1S/C24H27ClN4O/c1-18-23(19(2)29(26-18)17-20-7-4-3-5-8-20)24(30)28-13-11-27(12-14-28)16-21-9-6-10-22(25)15-21/h3-10,15H,11-14,16-17H2,1-2H3. The Morgan fingerprint density at radius 3 is 2.33 bits per heavy atom. The highest BCUT2D eigenvalue weighted by Gasteiger charge is 2.27. The lowest BCUT2D eigenvalue weighted by Crippen LogP contribution is -2.48. The van der Waals surface area contributed by atoms with E-state index in [9.17, 15) is 4.79 Å². The zero-order valence-corrected chi connectivity index (χ0v) is 18.3. The number of carbonyl (C=O) groups is 1. The third kappa shape index (κ3) is 4.58. The number of aromatic nitrogens is 2. The third-order valence-corrected chi connectivity index (χ3v) is 5.96. The minimum absolute atomic E-state index is 0.0896. The molecule has 1 fully saturated rings. The summed E-state index contributed by atoms with van der Waals surface area (Å²) in [5, 5.41) is 5.41. The monoisotopic (exact) mass is 422 g/mol. The van der Waals surface area contributed by atoms with Crippen LogP contribution in [0, 0.1) is 13.8 Å². The van der Waals surface area contributed by atoms with Gasteiger partial charge in [0.15, 0.2) is 0 Å². The van der Waals surface area contributed by atoms with E-state index in [2.05, 4.69) is 28.2 Å². The van der Waals surface area contributed by atoms with Gasteiger partial charge in [0.2, 0.25) is 0 Å². The second-order valence-corrected chi connectivity index (χ2v) is 8.32. The van der Waals surface area contributed by atoms with Crippen LogP contribution in [0.1, 0.15) is 32.9 Å². The molecule has 0 radical (unpaired) electrons. The fraction of sp³-hybridized carbons (Fsp3) is 0.333. The van der Waals surface area contributed by atoms with Gasteiger partial charge in [0.25, 0.3) is 5.91 Å². The van der Waals surface area contributed by atoms with Gasteiger partial charge in [0.05, 0.1) is 17.8 Å². The molecule has 5 nitrogen and oxygen atoms in total. The molecular weight excluding hydrogens is 396 g/mol. The zero-order chi connectivity index (χ0) is 21.1. The number of amides is 1. The Morgan fingerprint density at radius 1 is 0.933 bits per heavy atom. The van der Waals surface area contributed by atoms with Crippen LogP contribution in [0.4, 0.5) is 0 Å². The van der Waals surface area contributed by atoms with Crippen LogP contribution in [0.25, 0.3) is 0 Å². The van der Waals surface area contributed by atoms with Gasteiger partial charge in [-0.05, 0) is 37.1 Å². The number of carbonyl (C=O) groups excluding carboxylic acids is 1. The molecule has 1 aliphatic heterocycles. The molecule has 4 rings (SSSR count). The molecule has 0 unspecified atom stereocenters. The predicted molar refractivity (Wildman–Crippen MR) is 120 cm³/mol. The number of aryl methyl sites for hydroxylation is 1. The molecule has 2 aromatic carbocycles. The summed E-state index contributed by atoms with van der Waals surface area (Å²) in [6.45, 7) is 8.61. The Bertz CT molecular complexity index is 1020. The van der Waals surface area contributed by atoms with Gasteiger partial charge in [-0.1, -0.05) is 54.1 Å². The quantitative estimate of drug-likeness (QED) is 0.620. The first-order chi connectivity index (χ1) is 14.5. The first-order valence-electron chi connectivity index (χ1n) is 10.4. The summed E-state index contributed by atoms with van der Waals surface area (Å²) < 4.78 is 1.94. The van der Waals surface area contributed by atoms with Crippen molar-refractivity contribution in [3.05, 3.63) is 87.7 Å². The van der Waals surface area contributed by atoms with E-state index >= 15 is 0 Å². The molecular formula is C24H27ClN4O. The fourth-order valence-corrected chi connectivity index (χ4v) is 4.29. The second kappa shape index (κ2) is 9.02. The molecule has 1 aromatic heterocycles. The van der Waals surface area contributed by atoms with Crippen LogP contribution in [0.15, 0.2) is 54.6 Å². The molecule has 2 heterocycles. The molecule has 0 spiro atoms. The lowest BCUT2D eigenvalue weighted by atomic mass is 10.1. The van der Waals surface area contributed by atoms with Crippen LogP contribution in [0.2, 0.25) is 5.02 Å². The van der Waals surface area contributed by atoms with Crippen molar-refractivity contribution in [1.29, 1.82) is 0 Å². The Hall–Kier alpha value is -2.63. The summed E-state index contributed by atoms with van der Waals surface area (Å²) in [4.78, 5) is 17.6. The van der Waals surface area contributed by atoms with Crippen LogP contribution in [0.5, 0.6) is 0 Å². The molecule has 1 saturated heterocycles. The van der Waals surface area contributed by atoms with Crippen molar-refractivity contribution < 1.29 is 4.79 Å². The molecule has 156 valence electrons. The van der Waals surface area contributed by atoms with E-state index in [0.717, 1.165) is 54.7 Å². The van der Waals surface area contributed by atoms with Gasteiger partial charge in [-0.3, -0.25) is 14.4 Å². The van der Waals surface area contributed by atoms with Crippen LogP contribution >= 0.6 is 11.6 Å². The number of nitrogens with zero attached hydrogens (tertiary/aromatic N) is 4. The average Bonchev–Trinajstić information content (AvgIpc) is 3.02. The third-order valence-electron chi connectivity index (χ3n) is 5.73. The van der Waals surface area contributed by atoms with Gasteiger partial charge in [-0.2, -0.15) is 5.10 Å². The normalized spacial score (nSPS) is 14.8. The Labute approximate surface area is 182 Å². The maximum atomic E-state index is 13.3. The Kier molecular flexibility index (Phi) is 6.21.